The summed E-state index contributed by atoms with van der Waals surface area (Å²) in [5.74, 6) is 0. The molecule has 0 rings (SSSR count). The van der Waals surface area contributed by atoms with Gasteiger partial charge in [-0.1, -0.05) is 0 Å². The molecule has 0 unspecified atom stereocenters. The van der Waals surface area contributed by atoms with Gasteiger partial charge in [0.1, 0.15) is 0 Å². The first kappa shape index (κ1) is 32.2. The summed E-state index contributed by atoms with van der Waals surface area (Å²) in [5.41, 5.74) is 0. The third kappa shape index (κ3) is 31.4. The second-order valence-electron chi connectivity index (χ2n) is 0. The Hall–Kier alpha value is 1.42. The summed E-state index contributed by atoms with van der Waals surface area (Å²) < 4.78 is 0. The van der Waals surface area contributed by atoms with Gasteiger partial charge in [0.05, 0.1) is 0 Å². The molecule has 0 aromatic carbocycles. The second-order valence-corrected chi connectivity index (χ2v) is 0. The van der Waals surface area contributed by atoms with Crippen LogP contribution >= 0.6 is 0 Å². The van der Waals surface area contributed by atoms with E-state index in [2.05, 4.69) is 0 Å². The van der Waals surface area contributed by atoms with Gasteiger partial charge in [-0.3, -0.25) is 0 Å². The second kappa shape index (κ2) is 52.4. The summed E-state index contributed by atoms with van der Waals surface area (Å²) in [4.78, 5) is 0. The fraction of sp³-hybridized carbons (Fsp3) is 1.00. The minimum absolute atomic E-state index is 0. The number of hydrogen-bond acceptors (Lipinski definition) is 1. The van der Waals surface area contributed by atoms with Crippen LogP contribution in [0.4, 0.5) is 0 Å². The largest absolute Gasteiger partial charge is 2.00 e. The van der Waals surface area contributed by atoms with Crippen LogP contribution in [0.1, 0.15) is 0 Å². The maximum atomic E-state index is 7.00. The van der Waals surface area contributed by atoms with E-state index in [-0.39, 0.29) is 51.0 Å². The molecule has 0 aliphatic rings. The van der Waals surface area contributed by atoms with Gasteiger partial charge in [-0.05, 0) is 0 Å². The van der Waals surface area contributed by atoms with Crippen LogP contribution in [0.2, 0.25) is 0 Å². The number of aliphatic hydroxyl groups is 1. The van der Waals surface area contributed by atoms with Gasteiger partial charge in [0.25, 0.3) is 0 Å². The first-order chi connectivity index (χ1) is 1.00. The summed E-state index contributed by atoms with van der Waals surface area (Å²) in [5, 5.41) is 7.00. The van der Waals surface area contributed by atoms with E-state index in [9.17, 15) is 0 Å². The third-order valence-corrected chi connectivity index (χ3v) is 0. The Labute approximate surface area is 63.1 Å². The molecule has 32 valence electrons. The fourth-order valence-corrected chi connectivity index (χ4v) is 0. The van der Waals surface area contributed by atoms with Crippen molar-refractivity contribution in [1.82, 2.24) is 0 Å². The van der Waals surface area contributed by atoms with E-state index >= 15 is 0 Å². The van der Waals surface area contributed by atoms with Crippen LogP contribution in [0, 0.1) is 0 Å². The van der Waals surface area contributed by atoms with Gasteiger partial charge in [-0.15, -0.1) is 0 Å². The predicted molar refractivity (Wildman–Crippen MR) is 8.14 cm³/mol. The quantitative estimate of drug-likeness (QED) is 0.407. The molecule has 0 aliphatic heterocycles. The number of halogens is 2. The van der Waals surface area contributed by atoms with Crippen molar-refractivity contribution in [1.29, 1.82) is 0 Å². The van der Waals surface area contributed by atoms with Gasteiger partial charge in [0.2, 0.25) is 0 Å². The van der Waals surface area contributed by atoms with Gasteiger partial charge >= 0.3 is 26.2 Å². The molecule has 0 fully saturated rings. The predicted octanol–water partition coefficient (Wildman–Crippen LogP) is -6.39. The van der Waals surface area contributed by atoms with Gasteiger partial charge in [-0.2, -0.15) is 0 Å². The Morgan fingerprint density at radius 2 is 1.00 bits per heavy atom. The number of rotatable bonds is 0. The Kier molecular flexibility index (Phi) is 337. The summed E-state index contributed by atoms with van der Waals surface area (Å²) >= 11 is 0. The minimum atomic E-state index is 0. The van der Waals surface area contributed by atoms with Crippen molar-refractivity contribution in [2.24, 2.45) is 0 Å². The van der Waals surface area contributed by atoms with Crippen molar-refractivity contribution >= 4 is 0 Å². The topological polar surface area (TPSA) is 20.2 Å². The van der Waals surface area contributed by atoms with E-state index in [1.807, 2.05) is 0 Å². The monoisotopic (exact) mass is 192 g/mol. The summed E-state index contributed by atoms with van der Waals surface area (Å²) in [6.45, 7) is 0. The van der Waals surface area contributed by atoms with Gasteiger partial charge in [-0.25, -0.2) is 0 Å². The molecule has 0 radical (unpaired) electrons. The van der Waals surface area contributed by atoms with Crippen LogP contribution in [0.5, 0.6) is 0 Å². The Morgan fingerprint density at radius 3 is 1.00 bits per heavy atom. The van der Waals surface area contributed by atoms with Crippen LogP contribution in [-0.2, 0) is 26.2 Å². The van der Waals surface area contributed by atoms with Gasteiger partial charge in [0, 0.05) is 7.11 Å². The van der Waals surface area contributed by atoms with Crippen molar-refractivity contribution in [3.8, 4) is 0 Å². The molecule has 5 heavy (non-hydrogen) atoms. The van der Waals surface area contributed by atoms with Crippen LogP contribution in [0.3, 0.4) is 0 Å². The number of aliphatic hydroxyl groups excluding tert-OH is 1. The van der Waals surface area contributed by atoms with E-state index in [0.29, 0.717) is 0 Å². The molecule has 0 aromatic rings. The zero-order valence-electron chi connectivity index (χ0n) is 2.70. The zero-order chi connectivity index (χ0) is 2.00. The van der Waals surface area contributed by atoms with Gasteiger partial charge in [0.15, 0.2) is 0 Å². The molecule has 0 saturated heterocycles. The smallest absolute Gasteiger partial charge is 1.00 e. The molecule has 4 heteroatoms. The van der Waals surface area contributed by atoms with E-state index in [1.165, 1.54) is 0 Å². The minimum Gasteiger partial charge on any atom is -1.00 e. The summed E-state index contributed by atoms with van der Waals surface area (Å²) in [6.07, 6.45) is 0. The molecule has 0 saturated carbocycles. The van der Waals surface area contributed by atoms with Crippen molar-refractivity contribution in [3.05, 3.63) is 0 Å². The van der Waals surface area contributed by atoms with Crippen molar-refractivity contribution in [2.45, 2.75) is 0 Å². The van der Waals surface area contributed by atoms with E-state index in [1.54, 1.807) is 0 Å². The van der Waals surface area contributed by atoms with E-state index < -0.39 is 0 Å². The average Bonchev–Trinajstić information content (AvgIpc) is 1.00. The normalized spacial score (nSPS) is 1.20. The first-order valence-electron chi connectivity index (χ1n) is 0.447. The Bertz CT molecular complexity index is 9.61. The SMILES string of the molecule is CO.[Cl-].[Cl-].[Zr+2]. The van der Waals surface area contributed by atoms with Crippen molar-refractivity contribution < 1.29 is 56.1 Å². The molecule has 0 amide bonds. The summed E-state index contributed by atoms with van der Waals surface area (Å²) in [6, 6.07) is 0. The standard InChI is InChI=1S/CH4O.2ClH.Zr/c1-2;;;/h2H,1H3;2*1H;/q;;;+2/p-2. The molecule has 1 N–H and O–H groups in total. The van der Waals surface area contributed by atoms with E-state index in [0.717, 1.165) is 7.11 Å². The van der Waals surface area contributed by atoms with Crippen molar-refractivity contribution in [2.75, 3.05) is 7.11 Å². The third-order valence-electron chi connectivity index (χ3n) is 0. The Morgan fingerprint density at radius 1 is 1.00 bits per heavy atom. The van der Waals surface area contributed by atoms with Crippen molar-refractivity contribution in [3.63, 3.8) is 0 Å². The van der Waals surface area contributed by atoms with Crippen LogP contribution in [0.25, 0.3) is 0 Å². The average molecular weight is 194 g/mol. The van der Waals surface area contributed by atoms with Crippen LogP contribution in [-0.4, -0.2) is 12.2 Å². The molecule has 0 bridgehead atoms. The van der Waals surface area contributed by atoms with Crippen LogP contribution < -0.4 is 24.8 Å². The molecule has 0 aromatic heterocycles. The number of hydrogen-bond donors (Lipinski definition) is 1. The van der Waals surface area contributed by atoms with Gasteiger partial charge < -0.3 is 29.9 Å². The molecule has 0 aliphatic carbocycles. The molecule has 0 atom stereocenters. The zero-order valence-corrected chi connectivity index (χ0v) is 6.67. The Balaban J connectivity index is -0.00000000167. The fourth-order valence-electron chi connectivity index (χ4n) is 0. The summed E-state index contributed by atoms with van der Waals surface area (Å²) in [7, 11) is 1.00. The van der Waals surface area contributed by atoms with E-state index in [4.69, 9.17) is 5.11 Å². The maximum absolute atomic E-state index is 7.00. The maximum Gasteiger partial charge on any atom is 2.00 e. The molecular formula is CH4Cl2OZr. The molecular weight excluding hydrogens is 190 g/mol. The molecule has 0 heterocycles. The molecule has 1 nitrogen and oxygen atoms in total. The first-order valence-corrected chi connectivity index (χ1v) is 0.447. The molecule has 0 spiro atoms. The van der Waals surface area contributed by atoms with Crippen LogP contribution in [0.15, 0.2) is 0 Å².